The molecule has 0 saturated carbocycles. The second kappa shape index (κ2) is 4.14. The Balaban J connectivity index is 2.28. The minimum atomic E-state index is -2.04. The Hall–Kier alpha value is -0.550. The maximum Gasteiger partial charge on any atom is 0.115 e. The highest BCUT2D eigenvalue weighted by molar-refractivity contribution is 7.71. The minimum Gasteiger partial charge on any atom is -0.319 e. The van der Waals surface area contributed by atoms with E-state index in [0.717, 1.165) is 24.0 Å². The predicted molar refractivity (Wildman–Crippen MR) is 66.6 cm³/mol. The van der Waals surface area contributed by atoms with Crippen LogP contribution in [0.15, 0.2) is 24.3 Å². The molecule has 0 aromatic heterocycles. The van der Waals surface area contributed by atoms with Gasteiger partial charge in [-0.3, -0.25) is 0 Å². The molecular weight excluding hydrogens is 203 g/mol. The van der Waals surface area contributed by atoms with Crippen LogP contribution in [0.2, 0.25) is 0 Å². The Bertz CT molecular complexity index is 380. The smallest absolute Gasteiger partial charge is 0.115 e. The van der Waals surface area contributed by atoms with Crippen LogP contribution in [-0.4, -0.2) is 12.3 Å². The third-order valence-electron chi connectivity index (χ3n) is 3.33. The normalized spacial score (nSPS) is 31.5. The van der Waals surface area contributed by atoms with Crippen LogP contribution >= 0.6 is 7.14 Å². The molecule has 82 valence electrons. The molecular formula is C13H19OP. The van der Waals surface area contributed by atoms with Crippen molar-refractivity contribution in [2.24, 2.45) is 5.92 Å². The maximum absolute atomic E-state index is 12.8. The molecule has 1 nitrogen and oxygen atoms in total. The van der Waals surface area contributed by atoms with Gasteiger partial charge in [0.05, 0.1) is 0 Å². The average molecular weight is 222 g/mol. The van der Waals surface area contributed by atoms with E-state index in [1.165, 1.54) is 12.0 Å². The van der Waals surface area contributed by atoms with Gasteiger partial charge in [0.15, 0.2) is 0 Å². The second-order valence-electron chi connectivity index (χ2n) is 4.88. The standard InChI is InChI=1S/C13H19OP/c1-11-5-7-13(8-6-11)15(14)9-3-4-12(2)10-15/h5-8,12H,3-4,9-10H2,1-2H3. The van der Waals surface area contributed by atoms with Crippen LogP contribution in [0.4, 0.5) is 0 Å². The molecule has 1 aromatic rings. The first-order valence-electron chi connectivity index (χ1n) is 5.75. The van der Waals surface area contributed by atoms with E-state index in [2.05, 4.69) is 38.1 Å². The fourth-order valence-electron chi connectivity index (χ4n) is 2.43. The van der Waals surface area contributed by atoms with E-state index < -0.39 is 7.14 Å². The van der Waals surface area contributed by atoms with Gasteiger partial charge >= 0.3 is 0 Å². The van der Waals surface area contributed by atoms with E-state index in [-0.39, 0.29) is 0 Å². The summed E-state index contributed by atoms with van der Waals surface area (Å²) < 4.78 is 12.8. The van der Waals surface area contributed by atoms with Gasteiger partial charge in [-0.15, -0.1) is 0 Å². The van der Waals surface area contributed by atoms with Gasteiger partial charge in [0.25, 0.3) is 0 Å². The van der Waals surface area contributed by atoms with Crippen molar-refractivity contribution in [3.05, 3.63) is 29.8 Å². The molecule has 1 aliphatic heterocycles. The molecule has 0 aliphatic carbocycles. The van der Waals surface area contributed by atoms with Gasteiger partial charge in [0, 0.05) is 17.6 Å². The quantitative estimate of drug-likeness (QED) is 0.665. The van der Waals surface area contributed by atoms with Gasteiger partial charge in [-0.25, -0.2) is 0 Å². The van der Waals surface area contributed by atoms with Crippen LogP contribution in [0, 0.1) is 12.8 Å². The number of hydrogen-bond acceptors (Lipinski definition) is 1. The first-order chi connectivity index (χ1) is 7.10. The van der Waals surface area contributed by atoms with Crippen LogP contribution < -0.4 is 5.30 Å². The lowest BCUT2D eigenvalue weighted by Gasteiger charge is -2.27. The molecule has 1 saturated heterocycles. The van der Waals surface area contributed by atoms with Crippen LogP contribution in [0.5, 0.6) is 0 Å². The highest BCUT2D eigenvalue weighted by Crippen LogP contribution is 2.50. The Morgan fingerprint density at radius 2 is 1.93 bits per heavy atom. The molecule has 1 aromatic carbocycles. The Morgan fingerprint density at radius 3 is 2.53 bits per heavy atom. The maximum atomic E-state index is 12.8. The third-order valence-corrected chi connectivity index (χ3v) is 6.82. The van der Waals surface area contributed by atoms with E-state index in [0.29, 0.717) is 5.92 Å². The zero-order valence-electron chi connectivity index (χ0n) is 9.57. The third kappa shape index (κ3) is 2.34. The molecule has 2 atom stereocenters. The summed E-state index contributed by atoms with van der Waals surface area (Å²) in [7, 11) is -2.04. The fraction of sp³-hybridized carbons (Fsp3) is 0.538. The van der Waals surface area contributed by atoms with E-state index in [4.69, 9.17) is 0 Å². The van der Waals surface area contributed by atoms with Crippen molar-refractivity contribution in [3.63, 3.8) is 0 Å². The molecule has 1 aliphatic rings. The topological polar surface area (TPSA) is 17.1 Å². The molecule has 2 heteroatoms. The van der Waals surface area contributed by atoms with Crippen LogP contribution in [-0.2, 0) is 4.57 Å². The molecule has 0 radical (unpaired) electrons. The number of hydrogen-bond donors (Lipinski definition) is 0. The monoisotopic (exact) mass is 222 g/mol. The van der Waals surface area contributed by atoms with Crippen molar-refractivity contribution in [1.29, 1.82) is 0 Å². The van der Waals surface area contributed by atoms with Gasteiger partial charge in [-0.2, -0.15) is 0 Å². The fourth-order valence-corrected chi connectivity index (χ4v) is 5.66. The van der Waals surface area contributed by atoms with Crippen molar-refractivity contribution in [2.45, 2.75) is 26.7 Å². The zero-order valence-corrected chi connectivity index (χ0v) is 10.5. The number of aryl methyl sites for hydroxylation is 1. The molecule has 2 unspecified atom stereocenters. The molecule has 0 amide bonds. The molecule has 1 heterocycles. The van der Waals surface area contributed by atoms with Crippen LogP contribution in [0.25, 0.3) is 0 Å². The summed E-state index contributed by atoms with van der Waals surface area (Å²) in [5.41, 5.74) is 1.25. The second-order valence-corrected chi connectivity index (χ2v) is 7.99. The summed E-state index contributed by atoms with van der Waals surface area (Å²) in [6, 6.07) is 8.28. The Labute approximate surface area is 92.3 Å². The number of rotatable bonds is 1. The van der Waals surface area contributed by atoms with Crippen molar-refractivity contribution in [3.8, 4) is 0 Å². The summed E-state index contributed by atoms with van der Waals surface area (Å²) in [4.78, 5) is 0. The zero-order chi connectivity index (χ0) is 10.9. The minimum absolute atomic E-state index is 0.630. The summed E-state index contributed by atoms with van der Waals surface area (Å²) in [6.45, 7) is 4.29. The largest absolute Gasteiger partial charge is 0.319 e. The van der Waals surface area contributed by atoms with Crippen molar-refractivity contribution in [1.82, 2.24) is 0 Å². The molecule has 0 N–H and O–H groups in total. The van der Waals surface area contributed by atoms with Gasteiger partial charge in [-0.05, 0) is 25.7 Å². The van der Waals surface area contributed by atoms with E-state index in [1.807, 2.05) is 0 Å². The Morgan fingerprint density at radius 1 is 1.27 bits per heavy atom. The predicted octanol–water partition coefficient (Wildman–Crippen LogP) is 3.41. The molecule has 15 heavy (non-hydrogen) atoms. The average Bonchev–Trinajstić information content (AvgIpc) is 2.18. The summed E-state index contributed by atoms with van der Waals surface area (Å²) in [5, 5.41) is 1.10. The van der Waals surface area contributed by atoms with Crippen LogP contribution in [0.1, 0.15) is 25.3 Å². The first kappa shape index (κ1) is 11.0. The lowest BCUT2D eigenvalue weighted by Crippen LogP contribution is -2.19. The van der Waals surface area contributed by atoms with Gasteiger partial charge in [-0.1, -0.05) is 36.8 Å². The summed E-state index contributed by atoms with van der Waals surface area (Å²) in [5.74, 6) is 0.630. The van der Waals surface area contributed by atoms with Crippen molar-refractivity contribution in [2.75, 3.05) is 12.3 Å². The van der Waals surface area contributed by atoms with E-state index >= 15 is 0 Å². The van der Waals surface area contributed by atoms with Crippen molar-refractivity contribution >= 4 is 12.4 Å². The van der Waals surface area contributed by atoms with Crippen molar-refractivity contribution < 1.29 is 4.57 Å². The first-order valence-corrected chi connectivity index (χ1v) is 7.83. The van der Waals surface area contributed by atoms with E-state index in [1.54, 1.807) is 0 Å². The molecule has 2 rings (SSSR count). The SMILES string of the molecule is Cc1ccc(P2(=O)CCCC(C)C2)cc1. The van der Waals surface area contributed by atoms with Gasteiger partial charge in [0.1, 0.15) is 7.14 Å². The number of benzene rings is 1. The lowest BCUT2D eigenvalue weighted by molar-refractivity contribution is 0.518. The highest BCUT2D eigenvalue weighted by atomic mass is 31.2. The Kier molecular flexibility index (Phi) is 3.02. The molecule has 0 spiro atoms. The van der Waals surface area contributed by atoms with Gasteiger partial charge < -0.3 is 4.57 Å². The highest BCUT2D eigenvalue weighted by Gasteiger charge is 2.30. The van der Waals surface area contributed by atoms with Crippen LogP contribution in [0.3, 0.4) is 0 Å². The molecule has 0 bridgehead atoms. The molecule has 1 fully saturated rings. The summed E-state index contributed by atoms with van der Waals surface area (Å²) in [6.07, 6.45) is 4.21. The van der Waals surface area contributed by atoms with E-state index in [9.17, 15) is 4.57 Å². The lowest BCUT2D eigenvalue weighted by atomic mass is 10.1. The summed E-state index contributed by atoms with van der Waals surface area (Å²) >= 11 is 0. The van der Waals surface area contributed by atoms with Gasteiger partial charge in [0.2, 0.25) is 0 Å².